The molecule has 0 spiro atoms. The third kappa shape index (κ3) is 1.56. The van der Waals surface area contributed by atoms with Gasteiger partial charge in [0.1, 0.15) is 5.78 Å². The van der Waals surface area contributed by atoms with Crippen LogP contribution in [0.15, 0.2) is 12.2 Å². The Morgan fingerprint density at radius 3 is 2.87 bits per heavy atom. The summed E-state index contributed by atoms with van der Waals surface area (Å²) < 4.78 is 0. The van der Waals surface area contributed by atoms with Gasteiger partial charge in [0.15, 0.2) is 0 Å². The Bertz CT molecular complexity index is 292. The predicted molar refractivity (Wildman–Crippen MR) is 60.4 cm³/mol. The van der Waals surface area contributed by atoms with Crippen LogP contribution < -0.4 is 0 Å². The van der Waals surface area contributed by atoms with E-state index in [2.05, 4.69) is 12.2 Å². The van der Waals surface area contributed by atoms with Gasteiger partial charge in [0.25, 0.3) is 0 Å². The van der Waals surface area contributed by atoms with E-state index in [1.807, 2.05) is 0 Å². The zero-order chi connectivity index (χ0) is 10.3. The van der Waals surface area contributed by atoms with Crippen molar-refractivity contribution in [1.29, 1.82) is 0 Å². The first-order valence-electron chi connectivity index (χ1n) is 6.55. The van der Waals surface area contributed by atoms with Crippen LogP contribution in [0.3, 0.4) is 0 Å². The molecule has 15 heavy (non-hydrogen) atoms. The molecule has 0 saturated heterocycles. The minimum atomic E-state index is 0.304. The van der Waals surface area contributed by atoms with E-state index >= 15 is 0 Å². The van der Waals surface area contributed by atoms with Crippen molar-refractivity contribution in [2.45, 2.75) is 44.9 Å². The van der Waals surface area contributed by atoms with Crippen molar-refractivity contribution in [3.8, 4) is 0 Å². The van der Waals surface area contributed by atoms with Gasteiger partial charge in [0.05, 0.1) is 0 Å². The number of carbonyl (C=O) groups excluding carboxylic acids is 1. The fraction of sp³-hybridized carbons (Fsp3) is 0.786. The minimum absolute atomic E-state index is 0.304. The molecule has 0 aromatic rings. The normalized spacial score (nSPS) is 44.7. The van der Waals surface area contributed by atoms with Crippen LogP contribution in [0, 0.1) is 23.7 Å². The van der Waals surface area contributed by atoms with Crippen molar-refractivity contribution in [3.05, 3.63) is 12.2 Å². The van der Waals surface area contributed by atoms with Gasteiger partial charge in [-0.1, -0.05) is 25.0 Å². The summed E-state index contributed by atoms with van der Waals surface area (Å²) in [6.07, 6.45) is 13.3. The van der Waals surface area contributed by atoms with Crippen molar-refractivity contribution in [1.82, 2.24) is 0 Å². The molecule has 3 rings (SSSR count). The average Bonchev–Trinajstić information content (AvgIpc) is 2.30. The SMILES string of the molecule is O=C1CC2CCCCC2C2CCC=CC12. The van der Waals surface area contributed by atoms with Crippen molar-refractivity contribution < 1.29 is 4.79 Å². The molecule has 0 aromatic heterocycles. The summed E-state index contributed by atoms with van der Waals surface area (Å²) in [5.74, 6) is 3.18. The van der Waals surface area contributed by atoms with E-state index in [1.165, 1.54) is 38.5 Å². The molecule has 1 heteroatoms. The number of allylic oxidation sites excluding steroid dienone is 2. The lowest BCUT2D eigenvalue weighted by Crippen LogP contribution is -2.42. The molecule has 2 fully saturated rings. The highest BCUT2D eigenvalue weighted by molar-refractivity contribution is 5.84. The van der Waals surface area contributed by atoms with E-state index in [-0.39, 0.29) is 0 Å². The van der Waals surface area contributed by atoms with Crippen LogP contribution in [0.1, 0.15) is 44.9 Å². The maximum absolute atomic E-state index is 12.0. The Hall–Kier alpha value is -0.590. The van der Waals surface area contributed by atoms with Gasteiger partial charge < -0.3 is 0 Å². The van der Waals surface area contributed by atoms with Crippen molar-refractivity contribution in [3.63, 3.8) is 0 Å². The summed E-state index contributed by atoms with van der Waals surface area (Å²) >= 11 is 0. The number of ketones is 1. The van der Waals surface area contributed by atoms with E-state index < -0.39 is 0 Å². The molecule has 2 saturated carbocycles. The standard InChI is InChI=1S/C14H20O/c15-14-9-10-5-1-2-6-11(10)12-7-3-4-8-13(12)14/h4,8,10-13H,1-3,5-7,9H2. The average molecular weight is 204 g/mol. The van der Waals surface area contributed by atoms with Crippen LogP contribution in [-0.4, -0.2) is 5.78 Å². The smallest absolute Gasteiger partial charge is 0.140 e. The van der Waals surface area contributed by atoms with E-state index in [4.69, 9.17) is 0 Å². The molecule has 0 bridgehead atoms. The van der Waals surface area contributed by atoms with Crippen molar-refractivity contribution >= 4 is 5.78 Å². The molecule has 4 unspecified atom stereocenters. The third-order valence-electron chi connectivity index (χ3n) is 4.82. The molecule has 1 nitrogen and oxygen atoms in total. The third-order valence-corrected chi connectivity index (χ3v) is 4.82. The first kappa shape index (κ1) is 9.62. The van der Waals surface area contributed by atoms with Gasteiger partial charge in [0, 0.05) is 12.3 Å². The highest BCUT2D eigenvalue weighted by atomic mass is 16.1. The van der Waals surface area contributed by atoms with Crippen LogP contribution in [-0.2, 0) is 4.79 Å². The molecule has 0 amide bonds. The summed E-state index contributed by atoms with van der Waals surface area (Å²) in [4.78, 5) is 12.0. The highest BCUT2D eigenvalue weighted by Gasteiger charge is 2.43. The predicted octanol–water partition coefficient (Wildman–Crippen LogP) is 3.35. The molecule has 3 aliphatic rings. The molecule has 0 N–H and O–H groups in total. The second-order valence-corrected chi connectivity index (χ2v) is 5.57. The zero-order valence-corrected chi connectivity index (χ0v) is 9.32. The fourth-order valence-corrected chi connectivity index (χ4v) is 4.13. The van der Waals surface area contributed by atoms with E-state index in [1.54, 1.807) is 0 Å². The van der Waals surface area contributed by atoms with Gasteiger partial charge in [-0.05, 0) is 43.4 Å². The Kier molecular flexibility index (Phi) is 2.42. The molecule has 0 aliphatic heterocycles. The lowest BCUT2D eigenvalue weighted by molar-refractivity contribution is -0.130. The van der Waals surface area contributed by atoms with Crippen molar-refractivity contribution in [2.24, 2.45) is 23.7 Å². The Morgan fingerprint density at radius 1 is 1.07 bits per heavy atom. The van der Waals surface area contributed by atoms with Gasteiger partial charge in [-0.25, -0.2) is 0 Å². The monoisotopic (exact) mass is 204 g/mol. The van der Waals surface area contributed by atoms with Gasteiger partial charge in [-0.3, -0.25) is 4.79 Å². The first-order chi connectivity index (χ1) is 7.36. The number of carbonyl (C=O) groups is 1. The Balaban J connectivity index is 1.86. The van der Waals surface area contributed by atoms with Gasteiger partial charge >= 0.3 is 0 Å². The van der Waals surface area contributed by atoms with Crippen LogP contribution in [0.2, 0.25) is 0 Å². The van der Waals surface area contributed by atoms with Crippen LogP contribution in [0.5, 0.6) is 0 Å². The maximum atomic E-state index is 12.0. The van der Waals surface area contributed by atoms with Gasteiger partial charge in [-0.2, -0.15) is 0 Å². The summed E-state index contributed by atoms with van der Waals surface area (Å²) in [5.41, 5.74) is 0. The number of rotatable bonds is 0. The lowest BCUT2D eigenvalue weighted by Gasteiger charge is -2.45. The Labute approximate surface area is 91.9 Å². The maximum Gasteiger partial charge on any atom is 0.140 e. The molecular weight excluding hydrogens is 184 g/mol. The van der Waals surface area contributed by atoms with E-state index in [0.29, 0.717) is 17.6 Å². The van der Waals surface area contributed by atoms with E-state index in [9.17, 15) is 4.79 Å². The largest absolute Gasteiger partial charge is 0.299 e. The number of Topliss-reactive ketones (excluding diaryl/α,β-unsaturated/α-hetero) is 1. The van der Waals surface area contributed by atoms with Gasteiger partial charge in [0.2, 0.25) is 0 Å². The lowest BCUT2D eigenvalue weighted by atomic mass is 9.59. The number of hydrogen-bond donors (Lipinski definition) is 0. The molecule has 3 aliphatic carbocycles. The molecule has 0 heterocycles. The first-order valence-corrected chi connectivity index (χ1v) is 6.55. The Morgan fingerprint density at radius 2 is 1.93 bits per heavy atom. The summed E-state index contributed by atoms with van der Waals surface area (Å²) in [5, 5.41) is 0. The van der Waals surface area contributed by atoms with Crippen LogP contribution in [0.25, 0.3) is 0 Å². The zero-order valence-electron chi connectivity index (χ0n) is 9.32. The summed E-state index contributed by atoms with van der Waals surface area (Å²) in [7, 11) is 0. The molecule has 82 valence electrons. The number of hydrogen-bond acceptors (Lipinski definition) is 1. The van der Waals surface area contributed by atoms with Crippen LogP contribution >= 0.6 is 0 Å². The highest BCUT2D eigenvalue weighted by Crippen LogP contribution is 2.48. The summed E-state index contributed by atoms with van der Waals surface area (Å²) in [6.45, 7) is 0. The number of fused-ring (bicyclic) bond motifs is 3. The molecule has 0 radical (unpaired) electrons. The summed E-state index contributed by atoms with van der Waals surface area (Å²) in [6, 6.07) is 0. The van der Waals surface area contributed by atoms with Crippen LogP contribution in [0.4, 0.5) is 0 Å². The molecule has 4 atom stereocenters. The van der Waals surface area contributed by atoms with Gasteiger partial charge in [-0.15, -0.1) is 0 Å². The quantitative estimate of drug-likeness (QED) is 0.553. The second kappa shape index (κ2) is 3.77. The topological polar surface area (TPSA) is 17.1 Å². The second-order valence-electron chi connectivity index (χ2n) is 5.57. The van der Waals surface area contributed by atoms with E-state index in [0.717, 1.165) is 18.3 Å². The molecule has 0 aromatic carbocycles. The minimum Gasteiger partial charge on any atom is -0.299 e. The van der Waals surface area contributed by atoms with Crippen molar-refractivity contribution in [2.75, 3.05) is 0 Å². The molecular formula is C14H20O. The fourth-order valence-electron chi connectivity index (χ4n) is 4.13.